The van der Waals surface area contributed by atoms with E-state index in [1.165, 1.54) is 16.2 Å². The summed E-state index contributed by atoms with van der Waals surface area (Å²) in [6.07, 6.45) is 0. The predicted octanol–water partition coefficient (Wildman–Crippen LogP) is 3.18. The molecule has 0 radical (unpaired) electrons. The highest BCUT2D eigenvalue weighted by atomic mass is 35.5. The molecule has 4 aromatic rings. The molecule has 0 spiro atoms. The van der Waals surface area contributed by atoms with Crippen LogP contribution in [0.2, 0.25) is 5.02 Å². The number of fused-ring (bicyclic) bond motifs is 2. The van der Waals surface area contributed by atoms with Crippen LogP contribution in [0.1, 0.15) is 15.5 Å². The van der Waals surface area contributed by atoms with Gasteiger partial charge in [0.25, 0.3) is 11.5 Å². The van der Waals surface area contributed by atoms with Crippen LogP contribution >= 0.6 is 22.9 Å². The highest BCUT2D eigenvalue weighted by Gasteiger charge is 2.19. The predicted molar refractivity (Wildman–Crippen MR) is 118 cm³/mol. The second-order valence-corrected chi connectivity index (χ2v) is 8.13. The van der Waals surface area contributed by atoms with Crippen molar-refractivity contribution in [3.05, 3.63) is 74.6 Å². The molecule has 152 valence electrons. The number of nitrogens with one attached hydrogen (secondary N) is 2. The molecule has 9 heteroatoms. The molecule has 0 bridgehead atoms. The first-order valence-electron chi connectivity index (χ1n) is 9.11. The molecule has 2 amide bonds. The summed E-state index contributed by atoms with van der Waals surface area (Å²) in [7, 11) is 1.58. The highest BCUT2D eigenvalue weighted by Crippen LogP contribution is 2.34. The molecule has 30 heavy (non-hydrogen) atoms. The summed E-state index contributed by atoms with van der Waals surface area (Å²) in [5.74, 6) is -0.356. The van der Waals surface area contributed by atoms with Gasteiger partial charge in [-0.3, -0.25) is 14.4 Å². The Morgan fingerprint density at radius 1 is 1.13 bits per heavy atom. The van der Waals surface area contributed by atoms with Crippen molar-refractivity contribution in [2.24, 2.45) is 0 Å². The molecule has 2 aromatic carbocycles. The van der Waals surface area contributed by atoms with Gasteiger partial charge < -0.3 is 15.2 Å². The standard InChI is InChI=1S/C21H17ClN4O3S/c1-26(11-16-24-14-8-4-2-6-12(14)20(28)25-16)17(27)10-23-21(29)19-18(22)13-7-3-5-9-15(13)30-19/h2-9H,10-11H2,1H3,(H,23,29)(H,24,25,28). The average molecular weight is 441 g/mol. The van der Waals surface area contributed by atoms with Crippen molar-refractivity contribution in [1.82, 2.24) is 20.2 Å². The third-order valence-electron chi connectivity index (χ3n) is 4.62. The number of rotatable bonds is 5. The lowest BCUT2D eigenvalue weighted by Crippen LogP contribution is -2.38. The van der Waals surface area contributed by atoms with E-state index >= 15 is 0 Å². The number of hydrogen-bond donors (Lipinski definition) is 2. The lowest BCUT2D eigenvalue weighted by Gasteiger charge is -2.17. The third-order valence-corrected chi connectivity index (χ3v) is 6.29. The first-order chi connectivity index (χ1) is 14.4. The zero-order valence-corrected chi connectivity index (χ0v) is 17.5. The van der Waals surface area contributed by atoms with E-state index in [9.17, 15) is 14.4 Å². The van der Waals surface area contributed by atoms with Crippen LogP contribution in [0, 0.1) is 0 Å². The number of likely N-dealkylation sites (N-methyl/N-ethyl adjacent to an activating group) is 1. The molecule has 7 nitrogen and oxygen atoms in total. The minimum absolute atomic E-state index is 0.110. The van der Waals surface area contributed by atoms with E-state index in [0.717, 1.165) is 10.1 Å². The summed E-state index contributed by atoms with van der Waals surface area (Å²) >= 11 is 7.59. The van der Waals surface area contributed by atoms with Crippen molar-refractivity contribution in [2.75, 3.05) is 13.6 Å². The number of aromatic nitrogens is 2. The zero-order valence-electron chi connectivity index (χ0n) is 15.9. The molecule has 0 aliphatic carbocycles. The van der Waals surface area contributed by atoms with E-state index in [2.05, 4.69) is 15.3 Å². The van der Waals surface area contributed by atoms with Crippen LogP contribution < -0.4 is 10.9 Å². The first kappa shape index (κ1) is 20.1. The summed E-state index contributed by atoms with van der Waals surface area (Å²) in [6.45, 7) is -0.0872. The summed E-state index contributed by atoms with van der Waals surface area (Å²) in [5, 5.41) is 4.29. The first-order valence-corrected chi connectivity index (χ1v) is 10.3. The van der Waals surface area contributed by atoms with Gasteiger partial charge in [0.1, 0.15) is 10.7 Å². The maximum Gasteiger partial charge on any atom is 0.263 e. The molecule has 0 aliphatic rings. The second kappa shape index (κ2) is 8.25. The molecule has 0 atom stereocenters. The van der Waals surface area contributed by atoms with Crippen molar-refractivity contribution >= 4 is 55.7 Å². The molecular weight excluding hydrogens is 424 g/mol. The van der Waals surface area contributed by atoms with E-state index in [1.807, 2.05) is 24.3 Å². The summed E-state index contributed by atoms with van der Waals surface area (Å²) in [5.41, 5.74) is 0.300. The molecule has 2 aromatic heterocycles. The number of halogens is 1. The Kier molecular flexibility index (Phi) is 5.52. The van der Waals surface area contributed by atoms with Crippen LogP contribution in [-0.2, 0) is 11.3 Å². The van der Waals surface area contributed by atoms with Crippen LogP contribution in [0.5, 0.6) is 0 Å². The molecule has 0 unspecified atom stereocenters. The Bertz CT molecular complexity index is 1330. The van der Waals surface area contributed by atoms with E-state index < -0.39 is 5.91 Å². The number of nitrogens with zero attached hydrogens (tertiary/aromatic N) is 2. The third kappa shape index (κ3) is 3.92. The van der Waals surface area contributed by atoms with Crippen molar-refractivity contribution in [1.29, 1.82) is 0 Å². The zero-order chi connectivity index (χ0) is 21.3. The maximum absolute atomic E-state index is 12.5. The number of carbonyl (C=O) groups excluding carboxylic acids is 2. The number of hydrogen-bond acceptors (Lipinski definition) is 5. The molecule has 4 rings (SSSR count). The van der Waals surface area contributed by atoms with Gasteiger partial charge in [-0.25, -0.2) is 4.98 Å². The Morgan fingerprint density at radius 2 is 1.83 bits per heavy atom. The highest BCUT2D eigenvalue weighted by molar-refractivity contribution is 7.21. The van der Waals surface area contributed by atoms with Crippen molar-refractivity contribution in [2.45, 2.75) is 6.54 Å². The van der Waals surface area contributed by atoms with Crippen LogP contribution in [0.25, 0.3) is 21.0 Å². The topological polar surface area (TPSA) is 95.2 Å². The number of carbonyl (C=O) groups is 2. The van der Waals surface area contributed by atoms with Gasteiger partial charge >= 0.3 is 0 Å². The monoisotopic (exact) mass is 440 g/mol. The maximum atomic E-state index is 12.5. The summed E-state index contributed by atoms with van der Waals surface area (Å²) < 4.78 is 0.905. The number of H-pyrrole nitrogens is 1. The van der Waals surface area contributed by atoms with E-state index in [0.29, 0.717) is 26.6 Å². The van der Waals surface area contributed by atoms with E-state index in [-0.39, 0.29) is 24.6 Å². The van der Waals surface area contributed by atoms with Crippen LogP contribution in [0.15, 0.2) is 53.3 Å². The largest absolute Gasteiger partial charge is 0.342 e. The molecule has 0 fully saturated rings. The number of thiophene rings is 1. The van der Waals surface area contributed by atoms with E-state index in [4.69, 9.17) is 11.6 Å². The van der Waals surface area contributed by atoms with Crippen molar-refractivity contribution < 1.29 is 9.59 Å². The second-order valence-electron chi connectivity index (χ2n) is 6.70. The molecule has 0 saturated carbocycles. The molecule has 0 saturated heterocycles. The van der Waals surface area contributed by atoms with Gasteiger partial charge in [0.05, 0.1) is 29.0 Å². The molecule has 2 N–H and O–H groups in total. The quantitative estimate of drug-likeness (QED) is 0.498. The minimum atomic E-state index is -0.403. The van der Waals surface area contributed by atoms with E-state index in [1.54, 1.807) is 31.3 Å². The Morgan fingerprint density at radius 3 is 2.60 bits per heavy atom. The number of para-hydroxylation sites is 1. The Hall–Kier alpha value is -3.23. The average Bonchev–Trinajstić information content (AvgIpc) is 3.08. The number of benzene rings is 2. The van der Waals surface area contributed by atoms with Crippen LogP contribution in [0.3, 0.4) is 0 Å². The van der Waals surface area contributed by atoms with Crippen LogP contribution in [0.4, 0.5) is 0 Å². The van der Waals surface area contributed by atoms with Gasteiger partial charge in [-0.15, -0.1) is 11.3 Å². The fraction of sp³-hybridized carbons (Fsp3) is 0.143. The van der Waals surface area contributed by atoms with Gasteiger partial charge in [-0.1, -0.05) is 41.9 Å². The summed E-state index contributed by atoms with van der Waals surface area (Å²) in [4.78, 5) is 45.9. The molecule has 0 aliphatic heterocycles. The number of amides is 2. The van der Waals surface area contributed by atoms with Gasteiger partial charge in [0.2, 0.25) is 5.91 Å². The minimum Gasteiger partial charge on any atom is -0.342 e. The fourth-order valence-electron chi connectivity index (χ4n) is 3.05. The lowest BCUT2D eigenvalue weighted by molar-refractivity contribution is -0.129. The molecule has 2 heterocycles. The Labute approximate surface area is 180 Å². The van der Waals surface area contributed by atoms with Gasteiger partial charge in [0, 0.05) is 17.1 Å². The summed E-state index contributed by atoms with van der Waals surface area (Å²) in [6, 6.07) is 14.5. The van der Waals surface area contributed by atoms with Crippen molar-refractivity contribution in [3.63, 3.8) is 0 Å². The smallest absolute Gasteiger partial charge is 0.263 e. The molecular formula is C21H17ClN4O3S. The van der Waals surface area contributed by atoms with Crippen LogP contribution in [-0.4, -0.2) is 40.3 Å². The normalized spacial score (nSPS) is 11.0. The lowest BCUT2D eigenvalue weighted by atomic mass is 10.2. The number of aromatic amines is 1. The fourth-order valence-corrected chi connectivity index (χ4v) is 4.49. The SMILES string of the molecule is CN(Cc1nc2ccccc2c(=O)[nH]1)C(=O)CNC(=O)c1sc2ccccc2c1Cl. The Balaban J connectivity index is 1.41. The van der Waals surface area contributed by atoms with Gasteiger partial charge in [-0.2, -0.15) is 0 Å². The van der Waals surface area contributed by atoms with Gasteiger partial charge in [0.15, 0.2) is 0 Å². The van der Waals surface area contributed by atoms with Crippen molar-refractivity contribution in [3.8, 4) is 0 Å². The van der Waals surface area contributed by atoms with Gasteiger partial charge in [-0.05, 0) is 18.2 Å².